The van der Waals surface area contributed by atoms with Crippen LogP contribution >= 0.6 is 23.1 Å². The molecule has 0 bridgehead atoms. The third kappa shape index (κ3) is 5.02. The second kappa shape index (κ2) is 7.97. The van der Waals surface area contributed by atoms with Gasteiger partial charge in [-0.3, -0.25) is 0 Å². The van der Waals surface area contributed by atoms with Crippen molar-refractivity contribution in [1.29, 1.82) is 0 Å². The zero-order chi connectivity index (χ0) is 17.8. The largest absolute Gasteiger partial charge is 0.339 e. The van der Waals surface area contributed by atoms with Crippen LogP contribution in [0.1, 0.15) is 36.7 Å². The van der Waals surface area contributed by atoms with Crippen LogP contribution in [0.2, 0.25) is 0 Å². The second-order valence-electron chi connectivity index (χ2n) is 6.29. The van der Waals surface area contributed by atoms with Crippen molar-refractivity contribution in [2.24, 2.45) is 5.92 Å². The summed E-state index contributed by atoms with van der Waals surface area (Å²) in [7, 11) is 0. The van der Waals surface area contributed by atoms with Crippen molar-refractivity contribution in [3.8, 4) is 0 Å². The van der Waals surface area contributed by atoms with Crippen LogP contribution in [-0.4, -0.2) is 20.3 Å². The molecule has 0 aliphatic rings. The van der Waals surface area contributed by atoms with Crippen LogP contribution in [0.25, 0.3) is 0 Å². The quantitative estimate of drug-likeness (QED) is 0.596. The predicted molar refractivity (Wildman–Crippen MR) is 102 cm³/mol. The number of rotatable bonds is 7. The number of benzene rings is 1. The fourth-order valence-corrected chi connectivity index (χ4v) is 3.78. The third-order valence-corrected chi connectivity index (χ3v) is 5.55. The van der Waals surface area contributed by atoms with Gasteiger partial charge in [0.2, 0.25) is 11.0 Å². The van der Waals surface area contributed by atoms with Crippen molar-refractivity contribution in [3.05, 3.63) is 41.0 Å². The highest BCUT2D eigenvalue weighted by Gasteiger charge is 2.11. The first-order chi connectivity index (χ1) is 12.0. The zero-order valence-corrected chi connectivity index (χ0v) is 16.4. The molecule has 0 fully saturated rings. The SMILES string of the molecule is Cc1ccc(Nc2nnc(SCc3noc(CC(C)C)n3)s2)cc1C. The number of nitrogens with zero attached hydrogens (tertiary/aromatic N) is 4. The van der Waals surface area contributed by atoms with Gasteiger partial charge in [0, 0.05) is 12.1 Å². The molecule has 0 saturated heterocycles. The summed E-state index contributed by atoms with van der Waals surface area (Å²) in [6, 6.07) is 6.25. The minimum atomic E-state index is 0.503. The number of aryl methyl sites for hydroxylation is 2. The number of thioether (sulfide) groups is 1. The third-order valence-electron chi connectivity index (χ3n) is 3.58. The Labute approximate surface area is 155 Å². The van der Waals surface area contributed by atoms with Crippen LogP contribution < -0.4 is 5.32 Å². The second-order valence-corrected chi connectivity index (χ2v) is 8.49. The first-order valence-electron chi connectivity index (χ1n) is 8.11. The van der Waals surface area contributed by atoms with E-state index < -0.39 is 0 Å². The highest BCUT2D eigenvalue weighted by Crippen LogP contribution is 2.29. The Hall–Kier alpha value is -1.93. The van der Waals surface area contributed by atoms with Crippen molar-refractivity contribution in [2.45, 2.75) is 44.2 Å². The number of anilines is 2. The molecule has 0 aliphatic heterocycles. The molecule has 1 aromatic carbocycles. The van der Waals surface area contributed by atoms with Crippen LogP contribution in [0.4, 0.5) is 10.8 Å². The molecular weight excluding hydrogens is 354 g/mol. The summed E-state index contributed by atoms with van der Waals surface area (Å²) < 4.78 is 6.13. The van der Waals surface area contributed by atoms with Crippen LogP contribution in [0.15, 0.2) is 27.1 Å². The molecule has 2 aromatic heterocycles. The minimum absolute atomic E-state index is 0.503. The summed E-state index contributed by atoms with van der Waals surface area (Å²) in [6.07, 6.45) is 0.806. The predicted octanol–water partition coefficient (Wildman–Crippen LogP) is 4.77. The van der Waals surface area contributed by atoms with Crippen LogP contribution in [0, 0.1) is 19.8 Å². The zero-order valence-electron chi connectivity index (χ0n) is 14.7. The van der Waals surface area contributed by atoms with Gasteiger partial charge in [0.15, 0.2) is 10.2 Å². The average Bonchev–Trinajstić information content (AvgIpc) is 3.18. The van der Waals surface area contributed by atoms with E-state index in [9.17, 15) is 0 Å². The van der Waals surface area contributed by atoms with Gasteiger partial charge in [-0.1, -0.05) is 48.2 Å². The van der Waals surface area contributed by atoms with E-state index in [1.807, 2.05) is 6.07 Å². The lowest BCUT2D eigenvalue weighted by atomic mass is 10.1. The van der Waals surface area contributed by atoms with E-state index in [2.05, 4.69) is 65.5 Å². The lowest BCUT2D eigenvalue weighted by molar-refractivity contribution is 0.360. The maximum absolute atomic E-state index is 5.25. The first kappa shape index (κ1) is 17.9. The smallest absolute Gasteiger partial charge is 0.226 e. The molecule has 0 aliphatic carbocycles. The van der Waals surface area contributed by atoms with Gasteiger partial charge in [0.25, 0.3) is 0 Å². The highest BCUT2D eigenvalue weighted by molar-refractivity contribution is 8.00. The van der Waals surface area contributed by atoms with E-state index in [1.165, 1.54) is 22.5 Å². The normalized spacial score (nSPS) is 11.2. The van der Waals surface area contributed by atoms with Gasteiger partial charge in [-0.15, -0.1) is 10.2 Å². The number of hydrogen-bond donors (Lipinski definition) is 1. The van der Waals surface area contributed by atoms with Gasteiger partial charge in [-0.05, 0) is 43.0 Å². The lowest BCUT2D eigenvalue weighted by Crippen LogP contribution is -1.94. The highest BCUT2D eigenvalue weighted by atomic mass is 32.2. The molecule has 1 N–H and O–H groups in total. The summed E-state index contributed by atoms with van der Waals surface area (Å²) in [5.41, 5.74) is 3.54. The van der Waals surface area contributed by atoms with Crippen molar-refractivity contribution in [1.82, 2.24) is 20.3 Å². The molecule has 3 aromatic rings. The van der Waals surface area contributed by atoms with E-state index >= 15 is 0 Å². The molecule has 0 radical (unpaired) electrons. The maximum atomic E-state index is 5.25. The van der Waals surface area contributed by atoms with Crippen molar-refractivity contribution < 1.29 is 4.52 Å². The molecule has 0 saturated carbocycles. The standard InChI is InChI=1S/C17H21N5OS2/c1-10(2)7-15-19-14(22-23-15)9-24-17-21-20-16(25-17)18-13-6-5-11(3)12(4)8-13/h5-6,8,10H,7,9H2,1-4H3,(H,18,20). The molecule has 25 heavy (non-hydrogen) atoms. The molecule has 3 rings (SSSR count). The Morgan fingerprint density at radius 3 is 2.80 bits per heavy atom. The topological polar surface area (TPSA) is 76.7 Å². The van der Waals surface area contributed by atoms with Gasteiger partial charge >= 0.3 is 0 Å². The van der Waals surface area contributed by atoms with Crippen LogP contribution in [0.5, 0.6) is 0 Å². The van der Waals surface area contributed by atoms with E-state index in [1.54, 1.807) is 11.8 Å². The summed E-state index contributed by atoms with van der Waals surface area (Å²) in [6.45, 7) is 8.46. The Balaban J connectivity index is 1.56. The monoisotopic (exact) mass is 375 g/mol. The Kier molecular flexibility index (Phi) is 5.70. The van der Waals surface area contributed by atoms with Gasteiger partial charge in [0.1, 0.15) is 0 Å². The molecule has 2 heterocycles. The van der Waals surface area contributed by atoms with Gasteiger partial charge in [-0.25, -0.2) is 0 Å². The summed E-state index contributed by atoms with van der Waals surface area (Å²) in [5, 5.41) is 16.5. The summed E-state index contributed by atoms with van der Waals surface area (Å²) in [5.74, 6) is 2.52. The Bertz CT molecular complexity index is 843. The summed E-state index contributed by atoms with van der Waals surface area (Å²) in [4.78, 5) is 4.40. The maximum Gasteiger partial charge on any atom is 0.226 e. The first-order valence-corrected chi connectivity index (χ1v) is 9.92. The van der Waals surface area contributed by atoms with Gasteiger partial charge in [-0.2, -0.15) is 4.98 Å². The van der Waals surface area contributed by atoms with Crippen LogP contribution in [-0.2, 0) is 12.2 Å². The minimum Gasteiger partial charge on any atom is -0.339 e. The number of nitrogens with one attached hydrogen (secondary N) is 1. The fraction of sp³-hybridized carbons (Fsp3) is 0.412. The Morgan fingerprint density at radius 1 is 1.20 bits per heavy atom. The van der Waals surface area contributed by atoms with Crippen LogP contribution in [0.3, 0.4) is 0 Å². The van der Waals surface area contributed by atoms with Crippen molar-refractivity contribution in [2.75, 3.05) is 5.32 Å². The van der Waals surface area contributed by atoms with Gasteiger partial charge < -0.3 is 9.84 Å². The lowest BCUT2D eigenvalue weighted by Gasteiger charge is -2.05. The van der Waals surface area contributed by atoms with Crippen molar-refractivity contribution >= 4 is 33.9 Å². The van der Waals surface area contributed by atoms with E-state index in [0.29, 0.717) is 23.4 Å². The van der Waals surface area contributed by atoms with E-state index in [-0.39, 0.29) is 0 Å². The van der Waals surface area contributed by atoms with E-state index in [4.69, 9.17) is 4.52 Å². The molecule has 0 amide bonds. The van der Waals surface area contributed by atoms with Crippen molar-refractivity contribution in [3.63, 3.8) is 0 Å². The van der Waals surface area contributed by atoms with E-state index in [0.717, 1.165) is 21.6 Å². The average molecular weight is 376 g/mol. The van der Waals surface area contributed by atoms with Gasteiger partial charge in [0.05, 0.1) is 5.75 Å². The fourth-order valence-electron chi connectivity index (χ4n) is 2.17. The summed E-state index contributed by atoms with van der Waals surface area (Å²) >= 11 is 3.08. The molecule has 8 heteroatoms. The number of hydrogen-bond acceptors (Lipinski definition) is 8. The molecular formula is C17H21N5OS2. The Morgan fingerprint density at radius 2 is 2.04 bits per heavy atom. The molecule has 132 valence electrons. The molecule has 0 spiro atoms. The number of aromatic nitrogens is 4. The molecule has 6 nitrogen and oxygen atoms in total. The molecule has 0 atom stereocenters. The molecule has 0 unspecified atom stereocenters.